The summed E-state index contributed by atoms with van der Waals surface area (Å²) in [5, 5.41) is 0. The molecule has 0 saturated heterocycles. The normalized spacial score (nSPS) is 9.88. The van der Waals surface area contributed by atoms with Crippen molar-refractivity contribution in [2.75, 3.05) is 27.8 Å². The van der Waals surface area contributed by atoms with Crippen LogP contribution in [0.1, 0.15) is 5.56 Å². The van der Waals surface area contributed by atoms with Crippen molar-refractivity contribution in [1.29, 1.82) is 0 Å². The second kappa shape index (κ2) is 6.10. The number of rotatable bonds is 5. The van der Waals surface area contributed by atoms with Crippen LogP contribution < -0.4 is 15.2 Å². The Morgan fingerprint density at radius 3 is 2.47 bits per heavy atom. The van der Waals surface area contributed by atoms with Gasteiger partial charge in [-0.2, -0.15) is 0 Å². The summed E-state index contributed by atoms with van der Waals surface area (Å²) in [6, 6.07) is 5.36. The predicted octanol–water partition coefficient (Wildman–Crippen LogP) is 0.621. The van der Waals surface area contributed by atoms with E-state index in [1.165, 1.54) is 4.90 Å². The van der Waals surface area contributed by atoms with E-state index in [4.69, 9.17) is 15.2 Å². The number of methoxy groups -OCH3 is 1. The molecular formula is C12H18N2O3. The number of carbonyl (C=O) groups is 1. The van der Waals surface area contributed by atoms with E-state index < -0.39 is 0 Å². The van der Waals surface area contributed by atoms with Gasteiger partial charge in [-0.3, -0.25) is 4.79 Å². The van der Waals surface area contributed by atoms with E-state index >= 15 is 0 Å². The number of nitrogens with two attached hydrogens (primary N) is 1. The van der Waals surface area contributed by atoms with E-state index in [2.05, 4.69) is 0 Å². The molecule has 1 aromatic rings. The van der Waals surface area contributed by atoms with Crippen molar-refractivity contribution < 1.29 is 14.3 Å². The molecule has 0 aliphatic carbocycles. The molecule has 1 amide bonds. The van der Waals surface area contributed by atoms with Crippen LogP contribution in [0, 0.1) is 0 Å². The molecule has 94 valence electrons. The highest BCUT2D eigenvalue weighted by molar-refractivity contribution is 5.77. The predicted molar refractivity (Wildman–Crippen MR) is 65.1 cm³/mol. The Morgan fingerprint density at radius 2 is 1.94 bits per heavy atom. The largest absolute Gasteiger partial charge is 0.497 e. The Balaban J connectivity index is 2.73. The van der Waals surface area contributed by atoms with Gasteiger partial charge in [0.25, 0.3) is 5.91 Å². The van der Waals surface area contributed by atoms with Gasteiger partial charge in [0.1, 0.15) is 11.5 Å². The van der Waals surface area contributed by atoms with E-state index in [0.717, 1.165) is 5.56 Å². The van der Waals surface area contributed by atoms with Crippen LogP contribution in [0.2, 0.25) is 0 Å². The molecule has 1 rings (SSSR count). The molecule has 0 aliphatic heterocycles. The quantitative estimate of drug-likeness (QED) is 0.816. The van der Waals surface area contributed by atoms with Crippen LogP contribution in [0.4, 0.5) is 0 Å². The molecule has 0 aliphatic rings. The van der Waals surface area contributed by atoms with Gasteiger partial charge < -0.3 is 20.1 Å². The lowest BCUT2D eigenvalue weighted by molar-refractivity contribution is -0.130. The molecule has 0 radical (unpaired) electrons. The van der Waals surface area contributed by atoms with Crippen LogP contribution in [0.25, 0.3) is 0 Å². The number of nitrogens with zero attached hydrogens (tertiary/aromatic N) is 1. The fraction of sp³-hybridized carbons (Fsp3) is 0.417. The number of benzene rings is 1. The molecule has 17 heavy (non-hydrogen) atoms. The third-order valence-electron chi connectivity index (χ3n) is 2.27. The highest BCUT2D eigenvalue weighted by Crippen LogP contribution is 2.22. The molecule has 0 heterocycles. The van der Waals surface area contributed by atoms with Gasteiger partial charge in [-0.05, 0) is 17.7 Å². The summed E-state index contributed by atoms with van der Waals surface area (Å²) >= 11 is 0. The van der Waals surface area contributed by atoms with Crippen LogP contribution >= 0.6 is 0 Å². The molecule has 2 N–H and O–H groups in total. The van der Waals surface area contributed by atoms with E-state index in [0.29, 0.717) is 18.0 Å². The van der Waals surface area contributed by atoms with Crippen LogP contribution in [-0.2, 0) is 11.3 Å². The minimum atomic E-state index is -0.0953. The van der Waals surface area contributed by atoms with Crippen molar-refractivity contribution in [3.8, 4) is 11.5 Å². The molecule has 0 fully saturated rings. The molecule has 0 atom stereocenters. The zero-order valence-corrected chi connectivity index (χ0v) is 10.4. The second-order valence-electron chi connectivity index (χ2n) is 3.80. The Labute approximate surface area is 101 Å². The van der Waals surface area contributed by atoms with Crippen molar-refractivity contribution in [2.45, 2.75) is 6.54 Å². The fourth-order valence-electron chi connectivity index (χ4n) is 1.22. The Morgan fingerprint density at radius 1 is 1.29 bits per heavy atom. The summed E-state index contributed by atoms with van der Waals surface area (Å²) < 4.78 is 10.5. The van der Waals surface area contributed by atoms with Crippen LogP contribution in [0.3, 0.4) is 0 Å². The molecule has 5 nitrogen and oxygen atoms in total. The maximum absolute atomic E-state index is 11.4. The van der Waals surface area contributed by atoms with Crippen molar-refractivity contribution in [3.05, 3.63) is 23.8 Å². The first-order chi connectivity index (χ1) is 8.06. The summed E-state index contributed by atoms with van der Waals surface area (Å²) in [5.41, 5.74) is 6.46. The van der Waals surface area contributed by atoms with Gasteiger partial charge in [0.15, 0.2) is 6.61 Å². The van der Waals surface area contributed by atoms with E-state index in [1.54, 1.807) is 33.3 Å². The highest BCUT2D eigenvalue weighted by atomic mass is 16.5. The van der Waals surface area contributed by atoms with Gasteiger partial charge in [-0.25, -0.2) is 0 Å². The lowest BCUT2D eigenvalue weighted by Crippen LogP contribution is -2.27. The van der Waals surface area contributed by atoms with Gasteiger partial charge in [0, 0.05) is 26.7 Å². The Kier molecular flexibility index (Phi) is 4.78. The van der Waals surface area contributed by atoms with Gasteiger partial charge >= 0.3 is 0 Å². The number of hydrogen-bond donors (Lipinski definition) is 1. The molecule has 0 saturated carbocycles. The minimum Gasteiger partial charge on any atom is -0.497 e. The van der Waals surface area contributed by atoms with E-state index in [1.807, 2.05) is 6.07 Å². The molecule has 1 aromatic carbocycles. The SMILES string of the molecule is COc1cc(CN)cc(OCC(=O)N(C)C)c1. The molecular weight excluding hydrogens is 220 g/mol. The first kappa shape index (κ1) is 13.3. The molecule has 5 heteroatoms. The summed E-state index contributed by atoms with van der Waals surface area (Å²) in [7, 11) is 4.94. The van der Waals surface area contributed by atoms with Crippen molar-refractivity contribution >= 4 is 5.91 Å². The summed E-state index contributed by atoms with van der Waals surface area (Å²) in [4.78, 5) is 12.8. The third-order valence-corrected chi connectivity index (χ3v) is 2.27. The maximum atomic E-state index is 11.4. The van der Waals surface area contributed by atoms with Crippen molar-refractivity contribution in [1.82, 2.24) is 4.90 Å². The highest BCUT2D eigenvalue weighted by Gasteiger charge is 2.06. The average molecular weight is 238 g/mol. The zero-order chi connectivity index (χ0) is 12.8. The number of ether oxygens (including phenoxy) is 2. The minimum absolute atomic E-state index is 0.00415. The smallest absolute Gasteiger partial charge is 0.259 e. The average Bonchev–Trinajstić information content (AvgIpc) is 2.35. The molecule has 0 aromatic heterocycles. The zero-order valence-electron chi connectivity index (χ0n) is 10.4. The van der Waals surface area contributed by atoms with Crippen LogP contribution in [-0.4, -0.2) is 38.6 Å². The second-order valence-corrected chi connectivity index (χ2v) is 3.80. The summed E-state index contributed by atoms with van der Waals surface area (Å²) in [6.45, 7) is 0.402. The standard InChI is InChI=1S/C12H18N2O3/c1-14(2)12(15)8-17-11-5-9(7-13)4-10(6-11)16-3/h4-6H,7-8,13H2,1-3H3. The fourth-order valence-corrected chi connectivity index (χ4v) is 1.22. The number of hydrogen-bond acceptors (Lipinski definition) is 4. The van der Waals surface area contributed by atoms with Gasteiger partial charge in [0.2, 0.25) is 0 Å². The Hall–Kier alpha value is -1.75. The number of likely N-dealkylation sites (N-methyl/N-ethyl adjacent to an activating group) is 1. The lowest BCUT2D eigenvalue weighted by atomic mass is 10.2. The first-order valence-corrected chi connectivity index (χ1v) is 5.27. The van der Waals surface area contributed by atoms with Gasteiger partial charge in [0.05, 0.1) is 7.11 Å². The number of carbonyl (C=O) groups excluding carboxylic acids is 1. The van der Waals surface area contributed by atoms with Crippen LogP contribution in [0.15, 0.2) is 18.2 Å². The van der Waals surface area contributed by atoms with E-state index in [9.17, 15) is 4.79 Å². The van der Waals surface area contributed by atoms with Gasteiger partial charge in [-0.1, -0.05) is 0 Å². The Bertz CT molecular complexity index is 369. The first-order valence-electron chi connectivity index (χ1n) is 5.27. The monoisotopic (exact) mass is 238 g/mol. The number of amides is 1. The molecule has 0 spiro atoms. The summed E-state index contributed by atoms with van der Waals surface area (Å²) in [6.07, 6.45) is 0. The van der Waals surface area contributed by atoms with Crippen LogP contribution in [0.5, 0.6) is 11.5 Å². The maximum Gasteiger partial charge on any atom is 0.259 e. The van der Waals surface area contributed by atoms with Crippen molar-refractivity contribution in [3.63, 3.8) is 0 Å². The third kappa shape index (κ3) is 3.96. The molecule has 0 unspecified atom stereocenters. The lowest BCUT2D eigenvalue weighted by Gasteiger charge is -2.12. The van der Waals surface area contributed by atoms with Crippen molar-refractivity contribution in [2.24, 2.45) is 5.73 Å². The van der Waals surface area contributed by atoms with Gasteiger partial charge in [-0.15, -0.1) is 0 Å². The topological polar surface area (TPSA) is 64.8 Å². The molecule has 0 bridgehead atoms. The van der Waals surface area contributed by atoms with E-state index in [-0.39, 0.29) is 12.5 Å². The summed E-state index contributed by atoms with van der Waals surface area (Å²) in [5.74, 6) is 1.15.